The van der Waals surface area contributed by atoms with Crippen LogP contribution < -0.4 is 15.2 Å². The highest BCUT2D eigenvalue weighted by Crippen LogP contribution is 2.44. The van der Waals surface area contributed by atoms with Gasteiger partial charge in [0.2, 0.25) is 5.88 Å². The Labute approximate surface area is 181 Å². The van der Waals surface area contributed by atoms with Crippen molar-refractivity contribution in [1.82, 2.24) is 9.78 Å². The summed E-state index contributed by atoms with van der Waals surface area (Å²) in [6.07, 6.45) is 7.10. The molecule has 3 aliphatic rings. The Balaban J connectivity index is 1.50. The van der Waals surface area contributed by atoms with E-state index in [-0.39, 0.29) is 10.8 Å². The minimum Gasteiger partial charge on any atom is -0.477 e. The molecule has 2 aliphatic carbocycles. The number of nitrogens with one attached hydrogen (secondary N) is 1. The Bertz CT molecular complexity index is 1170. The lowest BCUT2D eigenvalue weighted by Gasteiger charge is -2.19. The van der Waals surface area contributed by atoms with Gasteiger partial charge in [0.1, 0.15) is 4.90 Å². The maximum absolute atomic E-state index is 13.2. The first-order chi connectivity index (χ1) is 15.0. The van der Waals surface area contributed by atoms with Crippen molar-refractivity contribution < 1.29 is 18.5 Å². The molecule has 2 aromatic rings. The zero-order valence-electron chi connectivity index (χ0n) is 17.6. The van der Waals surface area contributed by atoms with Gasteiger partial charge in [0, 0.05) is 31.7 Å². The van der Waals surface area contributed by atoms with E-state index >= 15 is 0 Å². The van der Waals surface area contributed by atoms with Gasteiger partial charge in [0.15, 0.2) is 9.92 Å². The summed E-state index contributed by atoms with van der Waals surface area (Å²) >= 11 is 0. The van der Waals surface area contributed by atoms with E-state index in [1.807, 2.05) is 0 Å². The molecule has 2 heterocycles. The van der Waals surface area contributed by atoms with Crippen LogP contribution in [0.1, 0.15) is 47.4 Å². The molecule has 31 heavy (non-hydrogen) atoms. The van der Waals surface area contributed by atoms with E-state index in [1.165, 1.54) is 17.3 Å². The minimum absolute atomic E-state index is 0.156. The molecule has 3 N–H and O–H groups in total. The fourth-order valence-electron chi connectivity index (χ4n) is 5.03. The molecular formula is C21H27N5O4S. The highest BCUT2D eigenvalue weighted by Gasteiger charge is 2.31. The van der Waals surface area contributed by atoms with Crippen LogP contribution in [0.2, 0.25) is 0 Å². The molecule has 5 rings (SSSR count). The molecule has 0 unspecified atom stereocenters. The van der Waals surface area contributed by atoms with Crippen LogP contribution in [0.25, 0.3) is 0 Å². The normalized spacial score (nSPS) is 20.9. The third-order valence-corrected chi connectivity index (χ3v) is 7.69. The predicted molar refractivity (Wildman–Crippen MR) is 116 cm³/mol. The third-order valence-electron chi connectivity index (χ3n) is 6.34. The number of aromatic nitrogens is 2. The van der Waals surface area contributed by atoms with Crippen molar-refractivity contribution in [3.8, 4) is 5.88 Å². The Kier molecular flexibility index (Phi) is 5.23. The van der Waals surface area contributed by atoms with Crippen molar-refractivity contribution in [2.24, 2.45) is 9.50 Å². The maximum atomic E-state index is 13.2. The van der Waals surface area contributed by atoms with E-state index in [4.69, 9.17) is 14.6 Å². The van der Waals surface area contributed by atoms with Crippen LogP contribution in [-0.2, 0) is 40.5 Å². The molecule has 1 aromatic heterocycles. The third kappa shape index (κ3) is 3.62. The summed E-state index contributed by atoms with van der Waals surface area (Å²) in [4.78, 5) is 13.1. The number of fused-ring (bicyclic) bond motifs is 3. The molecule has 0 spiro atoms. The van der Waals surface area contributed by atoms with E-state index < -0.39 is 15.9 Å². The zero-order chi connectivity index (χ0) is 21.6. The van der Waals surface area contributed by atoms with Crippen LogP contribution in [0.15, 0.2) is 21.5 Å². The van der Waals surface area contributed by atoms with E-state index in [0.29, 0.717) is 25.6 Å². The number of methoxy groups -OCH3 is 1. The number of hydrogen-bond acceptors (Lipinski definition) is 5. The Hall–Kier alpha value is -2.43. The van der Waals surface area contributed by atoms with Gasteiger partial charge >= 0.3 is 6.03 Å². The highest BCUT2D eigenvalue weighted by molar-refractivity contribution is 7.91. The van der Waals surface area contributed by atoms with Gasteiger partial charge < -0.3 is 14.8 Å². The van der Waals surface area contributed by atoms with Crippen LogP contribution in [-0.4, -0.2) is 40.3 Å². The molecular weight excluding hydrogens is 418 g/mol. The van der Waals surface area contributed by atoms with Crippen molar-refractivity contribution >= 4 is 21.6 Å². The predicted octanol–water partition coefficient (Wildman–Crippen LogP) is 2.76. The van der Waals surface area contributed by atoms with Gasteiger partial charge in [-0.15, -0.1) is 4.36 Å². The van der Waals surface area contributed by atoms with E-state index in [2.05, 4.69) is 20.8 Å². The second-order valence-electron chi connectivity index (χ2n) is 8.34. The summed E-state index contributed by atoms with van der Waals surface area (Å²) in [6, 6.07) is 1.57. The number of ether oxygens (including phenoxy) is 2. The quantitative estimate of drug-likeness (QED) is 0.750. The Morgan fingerprint density at radius 3 is 3.10 bits per heavy atom. The second kappa shape index (κ2) is 7.92. The number of benzene rings is 1. The van der Waals surface area contributed by atoms with E-state index in [9.17, 15) is 9.00 Å². The van der Waals surface area contributed by atoms with Crippen LogP contribution in [0, 0.1) is 0 Å². The first kappa shape index (κ1) is 20.5. The number of nitrogens with zero attached hydrogens (tertiary/aromatic N) is 3. The summed E-state index contributed by atoms with van der Waals surface area (Å²) in [7, 11) is -1.81. The fraction of sp³-hybridized carbons (Fsp3) is 0.524. The van der Waals surface area contributed by atoms with Crippen molar-refractivity contribution in [2.75, 3.05) is 25.6 Å². The molecule has 0 radical (unpaired) electrons. The molecule has 166 valence electrons. The van der Waals surface area contributed by atoms with Gasteiger partial charge in [-0.2, -0.15) is 5.10 Å². The molecule has 2 amide bonds. The number of rotatable bonds is 4. The number of urea groups is 1. The van der Waals surface area contributed by atoms with Crippen molar-refractivity contribution in [1.29, 1.82) is 0 Å². The summed E-state index contributed by atoms with van der Waals surface area (Å²) in [5, 5.41) is 13.1. The summed E-state index contributed by atoms with van der Waals surface area (Å²) in [5.41, 5.74) is 5.62. The highest BCUT2D eigenvalue weighted by atomic mass is 32.2. The van der Waals surface area contributed by atoms with Crippen molar-refractivity contribution in [3.05, 3.63) is 34.5 Å². The lowest BCUT2D eigenvalue weighted by Crippen LogP contribution is -2.21. The molecule has 0 saturated heterocycles. The van der Waals surface area contributed by atoms with Gasteiger partial charge in [0.05, 0.1) is 19.4 Å². The smallest absolute Gasteiger partial charge is 0.354 e. The molecule has 1 aromatic carbocycles. The number of amides is 2. The average Bonchev–Trinajstić information content (AvgIpc) is 3.46. The summed E-state index contributed by atoms with van der Waals surface area (Å²) in [6.45, 7) is 1.74. The van der Waals surface area contributed by atoms with Crippen molar-refractivity contribution in [3.63, 3.8) is 0 Å². The van der Waals surface area contributed by atoms with Crippen LogP contribution >= 0.6 is 0 Å². The fourth-order valence-corrected chi connectivity index (χ4v) is 6.03. The standard InChI is InChI=1S/C21H27N5O4S/c1-29-12-15-7-6-14-10-13-4-2-5-16(13)19(18(14)15)24-21(27)25-31(22,28)17-11-23-26-8-3-9-30-20(17)26/h10-11,15H,2-9,12H2,1H3,(H3,22,24,25,27,28)/t15-,31-/m1/s1. The van der Waals surface area contributed by atoms with Gasteiger partial charge in [-0.25, -0.2) is 18.8 Å². The SMILES string of the molecule is COC[C@H]1CCc2cc3c(c(NC(=O)N=[S@@](N)(=O)c4cnn5c4OCCC5)c21)CCC3. The van der Waals surface area contributed by atoms with E-state index in [1.54, 1.807) is 11.8 Å². The van der Waals surface area contributed by atoms with E-state index in [0.717, 1.165) is 55.3 Å². The Morgan fingerprint density at radius 1 is 1.39 bits per heavy atom. The number of hydrogen-bond donors (Lipinski definition) is 2. The lowest BCUT2D eigenvalue weighted by atomic mass is 9.94. The first-order valence-corrected chi connectivity index (χ1v) is 12.3. The van der Waals surface area contributed by atoms with Gasteiger partial charge in [-0.3, -0.25) is 0 Å². The minimum atomic E-state index is -3.50. The van der Waals surface area contributed by atoms with Crippen LogP contribution in [0.5, 0.6) is 5.88 Å². The largest absolute Gasteiger partial charge is 0.477 e. The molecule has 2 atom stereocenters. The first-order valence-electron chi connectivity index (χ1n) is 10.7. The topological polar surface area (TPSA) is 121 Å². The zero-order valence-corrected chi connectivity index (χ0v) is 18.4. The maximum Gasteiger partial charge on any atom is 0.354 e. The molecule has 0 saturated carbocycles. The number of carbonyl (C=O) groups is 1. The monoisotopic (exact) mass is 445 g/mol. The average molecular weight is 446 g/mol. The number of carbonyl (C=O) groups excluding carboxylic acids is 1. The Morgan fingerprint density at radius 2 is 2.26 bits per heavy atom. The molecule has 1 aliphatic heterocycles. The van der Waals surface area contributed by atoms with Gasteiger partial charge in [-0.05, 0) is 54.4 Å². The van der Waals surface area contributed by atoms with Crippen LogP contribution in [0.4, 0.5) is 10.5 Å². The summed E-state index contributed by atoms with van der Waals surface area (Å²) < 4.78 is 29.6. The molecule has 10 heteroatoms. The summed E-state index contributed by atoms with van der Waals surface area (Å²) in [5.74, 6) is 0.552. The molecule has 0 bridgehead atoms. The van der Waals surface area contributed by atoms with Crippen LogP contribution in [0.3, 0.4) is 0 Å². The molecule has 9 nitrogen and oxygen atoms in total. The number of anilines is 1. The lowest BCUT2D eigenvalue weighted by molar-refractivity contribution is 0.179. The van der Waals surface area contributed by atoms with Gasteiger partial charge in [0.25, 0.3) is 0 Å². The van der Waals surface area contributed by atoms with Gasteiger partial charge in [-0.1, -0.05) is 6.07 Å². The number of nitrogens with two attached hydrogens (primary N) is 1. The second-order valence-corrected chi connectivity index (χ2v) is 10.1. The molecule has 0 fully saturated rings. The van der Waals surface area contributed by atoms with Crippen molar-refractivity contribution in [2.45, 2.75) is 55.9 Å². The number of aryl methyl sites for hydroxylation is 3.